The van der Waals surface area contributed by atoms with Gasteiger partial charge in [-0.15, -0.1) is 0 Å². The maximum atomic E-state index is 11.3. The molecular weight excluding hydrogens is 341 g/mol. The van der Waals surface area contributed by atoms with E-state index in [1.54, 1.807) is 18.2 Å². The van der Waals surface area contributed by atoms with Crippen LogP contribution in [0.2, 0.25) is 0 Å². The molecule has 4 nitrogen and oxygen atoms in total. The summed E-state index contributed by atoms with van der Waals surface area (Å²) in [6.45, 7) is 0. The standard InChI is InChI=1S/C13H12IN3O/c14-8-1-4-10(5-2-8)17-12-7-9(15)3-6-11(12)13(16)18/h1-7,17H,15H2,(H2,16,18). The second-order valence-corrected chi connectivity index (χ2v) is 5.05. The topological polar surface area (TPSA) is 81.1 Å². The molecule has 0 aliphatic carbocycles. The van der Waals surface area contributed by atoms with E-state index in [1.807, 2.05) is 24.3 Å². The maximum absolute atomic E-state index is 11.3. The zero-order valence-corrected chi connectivity index (χ0v) is 11.6. The van der Waals surface area contributed by atoms with Crippen LogP contribution in [-0.2, 0) is 0 Å². The average Bonchev–Trinajstić information content (AvgIpc) is 2.32. The molecule has 2 rings (SSSR count). The number of halogens is 1. The zero-order chi connectivity index (χ0) is 13.1. The van der Waals surface area contributed by atoms with Crippen molar-refractivity contribution in [2.45, 2.75) is 0 Å². The maximum Gasteiger partial charge on any atom is 0.250 e. The highest BCUT2D eigenvalue weighted by molar-refractivity contribution is 14.1. The quantitative estimate of drug-likeness (QED) is 0.586. The van der Waals surface area contributed by atoms with Gasteiger partial charge in [0.15, 0.2) is 0 Å². The van der Waals surface area contributed by atoms with Gasteiger partial charge in [-0.2, -0.15) is 0 Å². The Morgan fingerprint density at radius 2 is 1.78 bits per heavy atom. The van der Waals surface area contributed by atoms with Gasteiger partial charge >= 0.3 is 0 Å². The number of carbonyl (C=O) groups excluding carboxylic acids is 1. The lowest BCUT2D eigenvalue weighted by Crippen LogP contribution is -2.13. The number of carbonyl (C=O) groups is 1. The summed E-state index contributed by atoms with van der Waals surface area (Å²) in [5, 5.41) is 3.14. The van der Waals surface area contributed by atoms with Crippen molar-refractivity contribution in [2.75, 3.05) is 11.1 Å². The molecule has 0 aromatic heterocycles. The first-order valence-electron chi connectivity index (χ1n) is 5.28. The lowest BCUT2D eigenvalue weighted by Gasteiger charge is -2.11. The van der Waals surface area contributed by atoms with Crippen molar-refractivity contribution < 1.29 is 4.79 Å². The number of nitrogens with two attached hydrogens (primary N) is 2. The van der Waals surface area contributed by atoms with Crippen molar-refractivity contribution in [3.8, 4) is 0 Å². The Labute approximate surface area is 119 Å². The smallest absolute Gasteiger partial charge is 0.250 e. The number of rotatable bonds is 3. The van der Waals surface area contributed by atoms with E-state index in [-0.39, 0.29) is 0 Å². The molecule has 18 heavy (non-hydrogen) atoms. The molecule has 0 atom stereocenters. The first-order valence-corrected chi connectivity index (χ1v) is 6.36. The number of primary amides is 1. The van der Waals surface area contributed by atoms with Crippen LogP contribution in [0, 0.1) is 3.57 Å². The van der Waals surface area contributed by atoms with Crippen molar-refractivity contribution in [1.29, 1.82) is 0 Å². The molecule has 1 amide bonds. The van der Waals surface area contributed by atoms with E-state index in [4.69, 9.17) is 11.5 Å². The Hall–Kier alpha value is -1.76. The lowest BCUT2D eigenvalue weighted by molar-refractivity contribution is 0.100. The van der Waals surface area contributed by atoms with Gasteiger partial charge in [0.25, 0.3) is 5.91 Å². The minimum atomic E-state index is -0.483. The molecule has 0 spiro atoms. The lowest BCUT2D eigenvalue weighted by atomic mass is 10.1. The van der Waals surface area contributed by atoms with Gasteiger partial charge in [0, 0.05) is 14.9 Å². The largest absolute Gasteiger partial charge is 0.399 e. The van der Waals surface area contributed by atoms with E-state index in [1.165, 1.54) is 0 Å². The Morgan fingerprint density at radius 1 is 1.11 bits per heavy atom. The van der Waals surface area contributed by atoms with Gasteiger partial charge in [0.1, 0.15) is 0 Å². The van der Waals surface area contributed by atoms with Gasteiger partial charge in [-0.1, -0.05) is 0 Å². The minimum Gasteiger partial charge on any atom is -0.399 e. The molecular formula is C13H12IN3O. The summed E-state index contributed by atoms with van der Waals surface area (Å²) < 4.78 is 1.14. The summed E-state index contributed by atoms with van der Waals surface area (Å²) in [5.41, 5.74) is 13.5. The van der Waals surface area contributed by atoms with Crippen LogP contribution >= 0.6 is 22.6 Å². The first kappa shape index (κ1) is 12.7. The third-order valence-electron chi connectivity index (χ3n) is 2.43. The van der Waals surface area contributed by atoms with Gasteiger partial charge in [-0.05, 0) is 65.1 Å². The van der Waals surface area contributed by atoms with Crippen molar-refractivity contribution in [2.24, 2.45) is 5.73 Å². The number of anilines is 3. The van der Waals surface area contributed by atoms with Crippen molar-refractivity contribution >= 4 is 45.6 Å². The number of amides is 1. The summed E-state index contributed by atoms with van der Waals surface area (Å²) in [6, 6.07) is 12.8. The predicted octanol–water partition coefficient (Wildman–Crippen LogP) is 2.72. The van der Waals surface area contributed by atoms with Gasteiger partial charge in [-0.3, -0.25) is 4.79 Å². The number of nitrogen functional groups attached to an aromatic ring is 1. The van der Waals surface area contributed by atoms with Crippen LogP contribution in [0.1, 0.15) is 10.4 Å². The molecule has 0 unspecified atom stereocenters. The van der Waals surface area contributed by atoms with Crippen LogP contribution in [0.4, 0.5) is 17.1 Å². The third kappa shape index (κ3) is 2.92. The Balaban J connectivity index is 2.35. The summed E-state index contributed by atoms with van der Waals surface area (Å²) >= 11 is 2.23. The van der Waals surface area contributed by atoms with Crippen LogP contribution in [-0.4, -0.2) is 5.91 Å². The SMILES string of the molecule is NC(=O)c1ccc(N)cc1Nc1ccc(I)cc1. The highest BCUT2D eigenvalue weighted by Gasteiger charge is 2.08. The Morgan fingerprint density at radius 3 is 2.39 bits per heavy atom. The third-order valence-corrected chi connectivity index (χ3v) is 3.15. The molecule has 0 aliphatic rings. The zero-order valence-electron chi connectivity index (χ0n) is 9.48. The normalized spacial score (nSPS) is 10.1. The van der Waals surface area contributed by atoms with Crippen molar-refractivity contribution in [3.05, 3.63) is 51.6 Å². The van der Waals surface area contributed by atoms with Crippen LogP contribution in [0.5, 0.6) is 0 Å². The predicted molar refractivity (Wildman–Crippen MR) is 81.8 cm³/mol. The Bertz CT molecular complexity index is 581. The number of nitrogens with one attached hydrogen (secondary N) is 1. The van der Waals surface area contributed by atoms with Crippen LogP contribution < -0.4 is 16.8 Å². The second kappa shape index (κ2) is 5.26. The van der Waals surface area contributed by atoms with Crippen LogP contribution in [0.3, 0.4) is 0 Å². The molecule has 2 aromatic carbocycles. The van der Waals surface area contributed by atoms with Crippen molar-refractivity contribution in [1.82, 2.24) is 0 Å². The second-order valence-electron chi connectivity index (χ2n) is 3.80. The average molecular weight is 353 g/mol. The van der Waals surface area contributed by atoms with Gasteiger partial charge in [-0.25, -0.2) is 0 Å². The fraction of sp³-hybridized carbons (Fsp3) is 0. The summed E-state index contributed by atoms with van der Waals surface area (Å²) in [6.07, 6.45) is 0. The van der Waals surface area contributed by atoms with Gasteiger partial charge in [0.05, 0.1) is 11.3 Å². The van der Waals surface area contributed by atoms with Crippen LogP contribution in [0.25, 0.3) is 0 Å². The molecule has 0 saturated carbocycles. The van der Waals surface area contributed by atoms with E-state index in [9.17, 15) is 4.79 Å². The van der Waals surface area contributed by atoms with Gasteiger partial charge in [0.2, 0.25) is 0 Å². The van der Waals surface area contributed by atoms with Crippen LogP contribution in [0.15, 0.2) is 42.5 Å². The molecule has 0 radical (unpaired) electrons. The highest BCUT2D eigenvalue weighted by atomic mass is 127. The number of hydrogen-bond donors (Lipinski definition) is 3. The number of hydrogen-bond acceptors (Lipinski definition) is 3. The van der Waals surface area contributed by atoms with E-state index in [0.29, 0.717) is 16.9 Å². The molecule has 0 fully saturated rings. The van der Waals surface area contributed by atoms with Gasteiger partial charge < -0.3 is 16.8 Å². The molecule has 0 heterocycles. The molecule has 92 valence electrons. The monoisotopic (exact) mass is 353 g/mol. The molecule has 0 saturated heterocycles. The number of benzene rings is 2. The summed E-state index contributed by atoms with van der Waals surface area (Å²) in [4.78, 5) is 11.3. The molecule has 0 bridgehead atoms. The van der Waals surface area contributed by atoms with E-state index in [0.717, 1.165) is 9.26 Å². The molecule has 0 aliphatic heterocycles. The first-order chi connectivity index (χ1) is 8.56. The van der Waals surface area contributed by atoms with E-state index in [2.05, 4.69) is 27.9 Å². The van der Waals surface area contributed by atoms with Crippen molar-refractivity contribution in [3.63, 3.8) is 0 Å². The Kier molecular flexibility index (Phi) is 3.71. The summed E-state index contributed by atoms with van der Waals surface area (Å²) in [5.74, 6) is -0.483. The van der Waals surface area contributed by atoms with E-state index < -0.39 is 5.91 Å². The fourth-order valence-corrected chi connectivity index (χ4v) is 1.93. The molecule has 5 N–H and O–H groups in total. The summed E-state index contributed by atoms with van der Waals surface area (Å²) in [7, 11) is 0. The minimum absolute atomic E-state index is 0.419. The van der Waals surface area contributed by atoms with E-state index >= 15 is 0 Å². The fourth-order valence-electron chi connectivity index (χ4n) is 1.57. The highest BCUT2D eigenvalue weighted by Crippen LogP contribution is 2.23. The molecule has 5 heteroatoms. The molecule has 2 aromatic rings.